The van der Waals surface area contributed by atoms with Crippen LogP contribution in [0.1, 0.15) is 60.3 Å². The summed E-state index contributed by atoms with van der Waals surface area (Å²) in [6, 6.07) is 4.14. The second kappa shape index (κ2) is 6.07. The first-order valence-corrected chi connectivity index (χ1v) is 7.19. The number of aryl methyl sites for hydroxylation is 2. The maximum Gasteiger partial charge on any atom is 0.172 e. The topological polar surface area (TPSA) is 48.0 Å². The highest BCUT2D eigenvalue weighted by Gasteiger charge is 2.16. The Morgan fingerprint density at radius 2 is 2.05 bits per heavy atom. The molecule has 0 aliphatic heterocycles. The Morgan fingerprint density at radius 3 is 2.60 bits per heavy atom. The van der Waals surface area contributed by atoms with Gasteiger partial charge in [-0.25, -0.2) is 0 Å². The summed E-state index contributed by atoms with van der Waals surface area (Å²) in [5.41, 5.74) is 1.49. The van der Waals surface area contributed by atoms with E-state index in [-0.39, 0.29) is 5.78 Å². The van der Waals surface area contributed by atoms with Gasteiger partial charge in [-0.15, -0.1) is 0 Å². The van der Waals surface area contributed by atoms with Crippen molar-refractivity contribution in [3.63, 3.8) is 0 Å². The van der Waals surface area contributed by atoms with Crippen LogP contribution in [0.15, 0.2) is 22.7 Å². The molecule has 0 amide bonds. The van der Waals surface area contributed by atoms with Crippen LogP contribution in [0.4, 0.5) is 0 Å². The standard InChI is InChI=1S/C16H22N2O2/c1-5-14(6-2)18-8-7-13(17-18)10-16(19)15-9-11(3)20-12(15)4/h7-9,14H,5-6,10H2,1-4H3. The minimum atomic E-state index is 0.0640. The largest absolute Gasteiger partial charge is 0.466 e. The fraction of sp³-hybridized carbons (Fsp3) is 0.500. The van der Waals surface area contributed by atoms with Gasteiger partial charge in [0.1, 0.15) is 11.5 Å². The number of aromatic nitrogens is 2. The second-order valence-corrected chi connectivity index (χ2v) is 5.18. The molecule has 2 aromatic rings. The van der Waals surface area contributed by atoms with Crippen molar-refractivity contribution in [1.29, 1.82) is 0 Å². The molecule has 0 aromatic carbocycles. The van der Waals surface area contributed by atoms with Gasteiger partial charge in [-0.05, 0) is 38.8 Å². The summed E-state index contributed by atoms with van der Waals surface area (Å²) in [5, 5.41) is 4.52. The fourth-order valence-electron chi connectivity index (χ4n) is 2.51. The molecule has 4 nitrogen and oxygen atoms in total. The summed E-state index contributed by atoms with van der Waals surface area (Å²) >= 11 is 0. The Labute approximate surface area is 119 Å². The van der Waals surface area contributed by atoms with Gasteiger partial charge in [-0.1, -0.05) is 13.8 Å². The molecule has 0 radical (unpaired) electrons. The third kappa shape index (κ3) is 3.00. The van der Waals surface area contributed by atoms with Gasteiger partial charge in [0.05, 0.1) is 23.7 Å². The molecule has 0 aliphatic rings. The van der Waals surface area contributed by atoms with Crippen LogP contribution in [-0.2, 0) is 6.42 Å². The van der Waals surface area contributed by atoms with Crippen LogP contribution in [0.2, 0.25) is 0 Å². The zero-order valence-corrected chi connectivity index (χ0v) is 12.6. The molecule has 0 aliphatic carbocycles. The number of Topliss-reactive ketones (excluding diaryl/α,β-unsaturated/α-hetero) is 1. The van der Waals surface area contributed by atoms with E-state index in [0.717, 1.165) is 24.3 Å². The number of carbonyl (C=O) groups is 1. The van der Waals surface area contributed by atoms with Crippen molar-refractivity contribution in [2.24, 2.45) is 0 Å². The van der Waals surface area contributed by atoms with Gasteiger partial charge in [0, 0.05) is 6.20 Å². The van der Waals surface area contributed by atoms with Crippen LogP contribution >= 0.6 is 0 Å². The fourth-order valence-corrected chi connectivity index (χ4v) is 2.51. The predicted octanol–water partition coefficient (Wildman–Crippen LogP) is 3.88. The average Bonchev–Trinajstić information content (AvgIpc) is 2.98. The minimum absolute atomic E-state index is 0.0640. The first kappa shape index (κ1) is 14.6. The molecule has 2 rings (SSSR count). The summed E-state index contributed by atoms with van der Waals surface area (Å²) in [5.74, 6) is 1.52. The number of rotatable bonds is 6. The van der Waals surface area contributed by atoms with Crippen molar-refractivity contribution >= 4 is 5.78 Å². The second-order valence-electron chi connectivity index (χ2n) is 5.18. The number of carbonyl (C=O) groups excluding carboxylic acids is 1. The van der Waals surface area contributed by atoms with Crippen LogP contribution in [-0.4, -0.2) is 15.6 Å². The Morgan fingerprint density at radius 1 is 1.35 bits per heavy atom. The van der Waals surface area contributed by atoms with E-state index in [4.69, 9.17) is 4.42 Å². The van der Waals surface area contributed by atoms with Crippen LogP contribution in [0.25, 0.3) is 0 Å². The van der Waals surface area contributed by atoms with Gasteiger partial charge in [-0.3, -0.25) is 9.48 Å². The van der Waals surface area contributed by atoms with E-state index in [9.17, 15) is 4.79 Å². The van der Waals surface area contributed by atoms with Crippen molar-refractivity contribution in [1.82, 2.24) is 9.78 Å². The zero-order valence-electron chi connectivity index (χ0n) is 12.6. The molecular weight excluding hydrogens is 252 g/mol. The van der Waals surface area contributed by atoms with Crippen LogP contribution in [0, 0.1) is 13.8 Å². The molecule has 0 saturated heterocycles. The molecule has 0 bridgehead atoms. The Hall–Kier alpha value is -1.84. The van der Waals surface area contributed by atoms with Crippen molar-refractivity contribution in [3.8, 4) is 0 Å². The number of furan rings is 1. The van der Waals surface area contributed by atoms with E-state index < -0.39 is 0 Å². The molecule has 2 aromatic heterocycles. The van der Waals surface area contributed by atoms with E-state index in [1.165, 1.54) is 0 Å². The summed E-state index contributed by atoms with van der Waals surface area (Å²) in [6.07, 6.45) is 4.39. The van der Waals surface area contributed by atoms with Crippen molar-refractivity contribution in [3.05, 3.63) is 41.1 Å². The van der Waals surface area contributed by atoms with E-state index in [1.807, 2.05) is 30.8 Å². The molecule has 0 atom stereocenters. The van der Waals surface area contributed by atoms with Gasteiger partial charge in [0.25, 0.3) is 0 Å². The van der Waals surface area contributed by atoms with E-state index >= 15 is 0 Å². The number of nitrogens with zero attached hydrogens (tertiary/aromatic N) is 2. The maximum atomic E-state index is 12.3. The number of hydrogen-bond acceptors (Lipinski definition) is 3. The smallest absolute Gasteiger partial charge is 0.172 e. The quantitative estimate of drug-likeness (QED) is 0.751. The molecule has 0 fully saturated rings. The lowest BCUT2D eigenvalue weighted by molar-refractivity contribution is 0.0990. The molecular formula is C16H22N2O2. The average molecular weight is 274 g/mol. The lowest BCUT2D eigenvalue weighted by Crippen LogP contribution is -2.09. The molecule has 0 unspecified atom stereocenters. The van der Waals surface area contributed by atoms with Crippen LogP contribution in [0.3, 0.4) is 0 Å². The lowest BCUT2D eigenvalue weighted by atomic mass is 10.1. The summed E-state index contributed by atoms with van der Waals surface area (Å²) in [4.78, 5) is 12.3. The Kier molecular flexibility index (Phi) is 4.42. The molecule has 0 saturated carbocycles. The highest BCUT2D eigenvalue weighted by molar-refractivity contribution is 5.98. The monoisotopic (exact) mass is 274 g/mol. The van der Waals surface area contributed by atoms with E-state index in [1.54, 1.807) is 6.07 Å². The first-order chi connectivity index (χ1) is 9.55. The van der Waals surface area contributed by atoms with Gasteiger partial charge in [-0.2, -0.15) is 5.10 Å². The molecule has 0 N–H and O–H groups in total. The summed E-state index contributed by atoms with van der Waals surface area (Å²) in [6.45, 7) is 7.98. The first-order valence-electron chi connectivity index (χ1n) is 7.19. The zero-order chi connectivity index (χ0) is 14.7. The minimum Gasteiger partial charge on any atom is -0.466 e. The highest BCUT2D eigenvalue weighted by atomic mass is 16.3. The molecule has 20 heavy (non-hydrogen) atoms. The Balaban J connectivity index is 2.11. The van der Waals surface area contributed by atoms with Crippen LogP contribution < -0.4 is 0 Å². The number of hydrogen-bond donors (Lipinski definition) is 0. The van der Waals surface area contributed by atoms with Crippen molar-refractivity contribution in [2.75, 3.05) is 0 Å². The normalized spacial score (nSPS) is 11.2. The number of ketones is 1. The van der Waals surface area contributed by atoms with Gasteiger partial charge >= 0.3 is 0 Å². The third-order valence-electron chi connectivity index (χ3n) is 3.66. The predicted molar refractivity (Wildman–Crippen MR) is 78.1 cm³/mol. The van der Waals surface area contributed by atoms with Crippen molar-refractivity contribution in [2.45, 2.75) is 53.0 Å². The van der Waals surface area contributed by atoms with E-state index in [0.29, 0.717) is 23.8 Å². The lowest BCUT2D eigenvalue weighted by Gasteiger charge is -2.12. The highest BCUT2D eigenvalue weighted by Crippen LogP contribution is 2.18. The molecule has 0 spiro atoms. The summed E-state index contributed by atoms with van der Waals surface area (Å²) < 4.78 is 7.37. The molecule has 2 heterocycles. The SMILES string of the molecule is CCC(CC)n1ccc(CC(=O)c2cc(C)oc2C)n1. The van der Waals surface area contributed by atoms with Crippen molar-refractivity contribution < 1.29 is 9.21 Å². The van der Waals surface area contributed by atoms with Gasteiger partial charge in [0.15, 0.2) is 5.78 Å². The third-order valence-corrected chi connectivity index (χ3v) is 3.66. The van der Waals surface area contributed by atoms with Gasteiger partial charge < -0.3 is 4.42 Å². The van der Waals surface area contributed by atoms with Gasteiger partial charge in [0.2, 0.25) is 0 Å². The summed E-state index contributed by atoms with van der Waals surface area (Å²) in [7, 11) is 0. The Bertz CT molecular complexity index is 591. The van der Waals surface area contributed by atoms with E-state index in [2.05, 4.69) is 18.9 Å². The maximum absolute atomic E-state index is 12.3. The molecule has 108 valence electrons. The molecule has 4 heteroatoms. The van der Waals surface area contributed by atoms with Crippen LogP contribution in [0.5, 0.6) is 0 Å².